The van der Waals surface area contributed by atoms with Gasteiger partial charge < -0.3 is 5.11 Å². The van der Waals surface area contributed by atoms with Gasteiger partial charge in [-0.2, -0.15) is 0 Å². The molecule has 2 aliphatic carbocycles. The van der Waals surface area contributed by atoms with E-state index in [-0.39, 0.29) is 6.10 Å². The maximum absolute atomic E-state index is 9.41. The largest absolute Gasteiger partial charge is 0.393 e. The first-order chi connectivity index (χ1) is 11.2. The Kier molecular flexibility index (Phi) is 6.40. The van der Waals surface area contributed by atoms with Gasteiger partial charge in [0.1, 0.15) is 0 Å². The highest BCUT2D eigenvalue weighted by Crippen LogP contribution is 2.61. The van der Waals surface area contributed by atoms with Crippen molar-refractivity contribution in [3.63, 3.8) is 0 Å². The fourth-order valence-corrected chi connectivity index (χ4v) is 5.85. The summed E-state index contributed by atoms with van der Waals surface area (Å²) in [7, 11) is 0. The van der Waals surface area contributed by atoms with Gasteiger partial charge in [-0.05, 0) is 87.9 Å². The van der Waals surface area contributed by atoms with Crippen LogP contribution in [0.4, 0.5) is 0 Å². The van der Waals surface area contributed by atoms with Crippen molar-refractivity contribution in [2.45, 2.75) is 98.5 Å². The highest BCUT2D eigenvalue weighted by atomic mass is 16.3. The fourth-order valence-electron chi connectivity index (χ4n) is 5.85. The number of allylic oxidation sites excluding steroid dienone is 3. The summed E-state index contributed by atoms with van der Waals surface area (Å²) in [5, 5.41) is 9.41. The molecule has 0 amide bonds. The predicted octanol–water partition coefficient (Wildman–Crippen LogP) is 6.67. The van der Waals surface area contributed by atoms with Gasteiger partial charge in [0, 0.05) is 0 Å². The number of fused-ring (bicyclic) bond motifs is 1. The van der Waals surface area contributed by atoms with Gasteiger partial charge in [0.05, 0.1) is 6.10 Å². The highest BCUT2D eigenvalue weighted by Gasteiger charge is 2.52. The molecule has 0 spiro atoms. The lowest BCUT2D eigenvalue weighted by Gasteiger charge is -2.58. The predicted molar refractivity (Wildman–Crippen MR) is 105 cm³/mol. The van der Waals surface area contributed by atoms with Crippen LogP contribution >= 0.6 is 0 Å². The Labute approximate surface area is 150 Å². The zero-order valence-electron chi connectivity index (χ0n) is 16.8. The summed E-state index contributed by atoms with van der Waals surface area (Å²) in [5.41, 5.74) is 3.96. The van der Waals surface area contributed by atoms with E-state index in [0.717, 1.165) is 18.8 Å². The summed E-state index contributed by atoms with van der Waals surface area (Å²) in [6.07, 6.45) is 13.2. The molecule has 0 unspecified atom stereocenters. The van der Waals surface area contributed by atoms with Crippen LogP contribution in [0.2, 0.25) is 0 Å². The molecule has 1 heteroatoms. The van der Waals surface area contributed by atoms with Gasteiger partial charge in [-0.15, -0.1) is 0 Å². The molecule has 0 aliphatic heterocycles. The molecule has 4 atom stereocenters. The molecule has 2 rings (SSSR count). The Balaban J connectivity index is 2.03. The van der Waals surface area contributed by atoms with Gasteiger partial charge in [-0.1, -0.05) is 51.0 Å². The Morgan fingerprint density at radius 1 is 1.33 bits per heavy atom. The average Bonchev–Trinajstić information content (AvgIpc) is 2.45. The van der Waals surface area contributed by atoms with E-state index in [2.05, 4.69) is 40.3 Å². The summed E-state index contributed by atoms with van der Waals surface area (Å²) < 4.78 is 0. The molecule has 2 fully saturated rings. The minimum atomic E-state index is -0.184. The molecule has 0 radical (unpaired) electrons. The third-order valence-corrected chi connectivity index (χ3v) is 7.22. The summed E-state index contributed by atoms with van der Waals surface area (Å²) in [6, 6.07) is 0. The number of rotatable bonds is 6. The Morgan fingerprint density at radius 3 is 2.71 bits per heavy atom. The van der Waals surface area contributed by atoms with Gasteiger partial charge in [0.15, 0.2) is 0 Å². The minimum absolute atomic E-state index is 0.184. The SMILES string of the molecule is C=C1CC[C@@H]2C(C)(C)CCC[C@@]2(C)[C@@H]1CC/C(C)=C/CC[C@H](C)O. The second kappa shape index (κ2) is 7.77. The standard InChI is InChI=1S/C23H40O/c1-17(9-7-10-19(3)24)11-13-20-18(2)12-14-21-22(4,5)15-8-16-23(20,21)6/h9,19-21,24H,2,7-8,10-16H2,1,3-6H3/b17-9+/t19-,20+,21+,23-/m0/s1. The Morgan fingerprint density at radius 2 is 2.04 bits per heavy atom. The van der Waals surface area contributed by atoms with Crippen molar-refractivity contribution >= 4 is 0 Å². The van der Waals surface area contributed by atoms with Crippen molar-refractivity contribution < 1.29 is 5.11 Å². The van der Waals surface area contributed by atoms with Crippen LogP contribution < -0.4 is 0 Å². The van der Waals surface area contributed by atoms with Crippen molar-refractivity contribution in [2.24, 2.45) is 22.7 Å². The molecular weight excluding hydrogens is 292 g/mol. The van der Waals surface area contributed by atoms with Crippen LogP contribution in [-0.4, -0.2) is 11.2 Å². The molecule has 1 N–H and O–H groups in total. The molecule has 24 heavy (non-hydrogen) atoms. The van der Waals surface area contributed by atoms with Crippen LogP contribution in [0.25, 0.3) is 0 Å². The normalized spacial score (nSPS) is 34.8. The summed E-state index contributed by atoms with van der Waals surface area (Å²) >= 11 is 0. The average molecular weight is 333 g/mol. The molecular formula is C23H40O. The molecule has 1 nitrogen and oxygen atoms in total. The number of hydrogen-bond donors (Lipinski definition) is 1. The topological polar surface area (TPSA) is 20.2 Å². The maximum atomic E-state index is 9.41. The van der Waals surface area contributed by atoms with Crippen molar-refractivity contribution in [2.75, 3.05) is 0 Å². The Bertz CT molecular complexity index is 470. The first-order valence-corrected chi connectivity index (χ1v) is 10.2. The van der Waals surface area contributed by atoms with Crippen LogP contribution in [0, 0.1) is 22.7 Å². The quantitative estimate of drug-likeness (QED) is 0.538. The van der Waals surface area contributed by atoms with Crippen LogP contribution in [0.15, 0.2) is 23.8 Å². The maximum Gasteiger partial charge on any atom is 0.0515 e. The Hall–Kier alpha value is -0.560. The van der Waals surface area contributed by atoms with Crippen molar-refractivity contribution in [1.82, 2.24) is 0 Å². The van der Waals surface area contributed by atoms with Gasteiger partial charge in [-0.3, -0.25) is 0 Å². The zero-order chi connectivity index (χ0) is 18.0. The molecule has 0 saturated heterocycles. The molecule has 0 bridgehead atoms. The number of aliphatic hydroxyl groups is 1. The van der Waals surface area contributed by atoms with E-state index in [9.17, 15) is 5.11 Å². The van der Waals surface area contributed by atoms with Gasteiger partial charge in [0.2, 0.25) is 0 Å². The molecule has 0 heterocycles. The zero-order valence-corrected chi connectivity index (χ0v) is 16.8. The fraction of sp³-hybridized carbons (Fsp3) is 0.826. The van der Waals surface area contributed by atoms with Crippen LogP contribution in [-0.2, 0) is 0 Å². The molecule has 0 aromatic carbocycles. The third-order valence-electron chi connectivity index (χ3n) is 7.22. The lowest BCUT2D eigenvalue weighted by Crippen LogP contribution is -2.49. The van der Waals surface area contributed by atoms with E-state index in [1.165, 1.54) is 56.1 Å². The highest BCUT2D eigenvalue weighted by molar-refractivity contribution is 5.16. The first-order valence-electron chi connectivity index (χ1n) is 10.2. The van der Waals surface area contributed by atoms with Crippen molar-refractivity contribution in [1.29, 1.82) is 0 Å². The van der Waals surface area contributed by atoms with E-state index in [0.29, 0.717) is 16.7 Å². The summed E-state index contributed by atoms with van der Waals surface area (Å²) in [5.74, 6) is 1.55. The lowest BCUT2D eigenvalue weighted by molar-refractivity contribution is -0.0539. The smallest absolute Gasteiger partial charge is 0.0515 e. The summed E-state index contributed by atoms with van der Waals surface area (Å²) in [6.45, 7) is 16.2. The summed E-state index contributed by atoms with van der Waals surface area (Å²) in [4.78, 5) is 0. The van der Waals surface area contributed by atoms with Gasteiger partial charge >= 0.3 is 0 Å². The lowest BCUT2D eigenvalue weighted by atomic mass is 9.47. The van der Waals surface area contributed by atoms with E-state index >= 15 is 0 Å². The monoisotopic (exact) mass is 332 g/mol. The van der Waals surface area contributed by atoms with E-state index < -0.39 is 0 Å². The molecule has 0 aromatic rings. The van der Waals surface area contributed by atoms with Gasteiger partial charge in [-0.25, -0.2) is 0 Å². The van der Waals surface area contributed by atoms with Crippen molar-refractivity contribution in [3.05, 3.63) is 23.8 Å². The van der Waals surface area contributed by atoms with Crippen LogP contribution in [0.3, 0.4) is 0 Å². The van der Waals surface area contributed by atoms with E-state index in [4.69, 9.17) is 0 Å². The van der Waals surface area contributed by atoms with Gasteiger partial charge in [0.25, 0.3) is 0 Å². The third kappa shape index (κ3) is 4.34. The molecule has 138 valence electrons. The minimum Gasteiger partial charge on any atom is -0.393 e. The van der Waals surface area contributed by atoms with Crippen LogP contribution in [0.5, 0.6) is 0 Å². The number of aliphatic hydroxyl groups excluding tert-OH is 1. The van der Waals surface area contributed by atoms with E-state index in [1.54, 1.807) is 0 Å². The van der Waals surface area contributed by atoms with Crippen LogP contribution in [0.1, 0.15) is 92.4 Å². The number of hydrogen-bond acceptors (Lipinski definition) is 1. The second-order valence-electron chi connectivity index (χ2n) is 9.67. The molecule has 0 aromatic heterocycles. The van der Waals surface area contributed by atoms with Crippen molar-refractivity contribution in [3.8, 4) is 0 Å². The second-order valence-corrected chi connectivity index (χ2v) is 9.67. The molecule has 2 aliphatic rings. The van der Waals surface area contributed by atoms with E-state index in [1.807, 2.05) is 6.92 Å². The molecule has 2 saturated carbocycles. The first kappa shape index (κ1) is 19.8.